The van der Waals surface area contributed by atoms with Crippen molar-refractivity contribution in [1.29, 1.82) is 0 Å². The van der Waals surface area contributed by atoms with Gasteiger partial charge in [0.05, 0.1) is 29.2 Å². The van der Waals surface area contributed by atoms with Crippen molar-refractivity contribution in [2.75, 3.05) is 51.5 Å². The Bertz CT molecular complexity index is 1820. The fourth-order valence-corrected chi connectivity index (χ4v) is 5.83. The number of unbranched alkanes of at least 4 members (excludes halogenated alkanes) is 1. The highest BCUT2D eigenvalue weighted by molar-refractivity contribution is 5.93. The molecule has 0 aliphatic carbocycles. The van der Waals surface area contributed by atoms with E-state index in [1.807, 2.05) is 65.3 Å². The number of amides is 1. The lowest BCUT2D eigenvalue weighted by molar-refractivity contribution is -0.117. The Balaban J connectivity index is 1.10. The summed E-state index contributed by atoms with van der Waals surface area (Å²) in [6, 6.07) is 23.0. The maximum absolute atomic E-state index is 12.9. The molecule has 1 aromatic heterocycles. The molecule has 2 aliphatic heterocycles. The van der Waals surface area contributed by atoms with Crippen LogP contribution >= 0.6 is 0 Å². The van der Waals surface area contributed by atoms with E-state index in [-0.39, 0.29) is 19.2 Å². The summed E-state index contributed by atoms with van der Waals surface area (Å²) < 4.78 is 13.7. The van der Waals surface area contributed by atoms with Gasteiger partial charge in [-0.3, -0.25) is 19.3 Å². The summed E-state index contributed by atoms with van der Waals surface area (Å²) in [5.74, 6) is 6.25. The zero-order chi connectivity index (χ0) is 33.5. The van der Waals surface area contributed by atoms with Gasteiger partial charge in [-0.2, -0.15) is 5.10 Å². The first kappa shape index (κ1) is 33.0. The molecule has 0 atom stereocenters. The van der Waals surface area contributed by atoms with Crippen molar-refractivity contribution in [1.82, 2.24) is 19.6 Å². The number of hydrogen-bond acceptors (Lipinski definition) is 8. The van der Waals surface area contributed by atoms with Gasteiger partial charge in [-0.05, 0) is 49.4 Å². The molecule has 0 saturated carbocycles. The van der Waals surface area contributed by atoms with E-state index in [0.717, 1.165) is 66.4 Å². The van der Waals surface area contributed by atoms with Gasteiger partial charge in [-0.25, -0.2) is 4.79 Å². The summed E-state index contributed by atoms with van der Waals surface area (Å²) in [5.41, 5.74) is 6.64. The zero-order valence-corrected chi connectivity index (χ0v) is 27.5. The molecular formula is C38H41N5O5. The van der Waals surface area contributed by atoms with Crippen molar-refractivity contribution in [3.63, 3.8) is 0 Å². The number of hydrogen-bond donors (Lipinski definition) is 1. The van der Waals surface area contributed by atoms with Crippen LogP contribution in [0, 0.1) is 11.8 Å². The summed E-state index contributed by atoms with van der Waals surface area (Å²) in [5, 5.41) is 13.9. The molecule has 248 valence electrons. The Morgan fingerprint density at radius 1 is 1.02 bits per heavy atom. The number of fused-ring (bicyclic) bond motifs is 2. The lowest BCUT2D eigenvalue weighted by Crippen LogP contribution is -2.43. The first-order valence-electron chi connectivity index (χ1n) is 16.3. The van der Waals surface area contributed by atoms with Gasteiger partial charge in [0.15, 0.2) is 6.73 Å². The minimum Gasteiger partial charge on any atom is -0.487 e. The number of benzene rings is 3. The number of aliphatic hydroxyl groups excluding tert-OH is 1. The van der Waals surface area contributed by atoms with Crippen molar-refractivity contribution in [3.05, 3.63) is 101 Å². The summed E-state index contributed by atoms with van der Waals surface area (Å²) >= 11 is 0. The van der Waals surface area contributed by atoms with Crippen LogP contribution < -0.4 is 9.64 Å². The summed E-state index contributed by atoms with van der Waals surface area (Å²) in [6.45, 7) is 7.15. The van der Waals surface area contributed by atoms with Gasteiger partial charge < -0.3 is 19.5 Å². The average molecular weight is 648 g/mol. The van der Waals surface area contributed by atoms with Crippen LogP contribution in [0.25, 0.3) is 11.3 Å². The molecule has 0 radical (unpaired) electrons. The number of nitrogens with zero attached hydrogens (tertiary/aromatic N) is 5. The van der Waals surface area contributed by atoms with Crippen molar-refractivity contribution in [2.45, 2.75) is 39.5 Å². The minimum absolute atomic E-state index is 0.125. The molecule has 1 amide bonds. The van der Waals surface area contributed by atoms with E-state index in [9.17, 15) is 9.59 Å². The van der Waals surface area contributed by atoms with Crippen LogP contribution in [0.1, 0.15) is 52.5 Å². The Hall–Kier alpha value is -4.95. The number of carbonyl (C=O) groups is 2. The SMILES string of the molecule is CC(=O)N(COC(=O)c1ccc(CN2CCN(C)CC2)cc1)c1ccc2c(c1)OCc1cc(-c3ccccc3C#CCCCO)nn1C2. The van der Waals surface area contributed by atoms with Crippen LogP contribution in [0.5, 0.6) is 5.75 Å². The average Bonchev–Trinajstić information content (AvgIpc) is 3.41. The van der Waals surface area contributed by atoms with Gasteiger partial charge in [-0.1, -0.05) is 48.2 Å². The number of piperazine rings is 1. The molecule has 10 heteroatoms. The monoisotopic (exact) mass is 647 g/mol. The summed E-state index contributed by atoms with van der Waals surface area (Å²) in [4.78, 5) is 31.7. The largest absolute Gasteiger partial charge is 0.487 e. The van der Waals surface area contributed by atoms with Gasteiger partial charge in [0, 0.05) is 75.4 Å². The number of likely N-dealkylation sites (N-methyl/N-ethyl adjacent to an activating group) is 1. The first-order valence-corrected chi connectivity index (χ1v) is 16.3. The lowest BCUT2D eigenvalue weighted by Gasteiger charge is -2.32. The van der Waals surface area contributed by atoms with Crippen molar-refractivity contribution in [2.24, 2.45) is 0 Å². The van der Waals surface area contributed by atoms with Gasteiger partial charge in [0.2, 0.25) is 5.91 Å². The molecule has 48 heavy (non-hydrogen) atoms. The zero-order valence-electron chi connectivity index (χ0n) is 27.5. The lowest BCUT2D eigenvalue weighted by atomic mass is 10.0. The van der Waals surface area contributed by atoms with Crippen LogP contribution in [0.3, 0.4) is 0 Å². The number of rotatable bonds is 9. The molecule has 0 unspecified atom stereocenters. The number of aliphatic hydroxyl groups is 1. The third-order valence-corrected chi connectivity index (χ3v) is 8.70. The minimum atomic E-state index is -0.489. The Kier molecular flexibility index (Phi) is 10.5. The van der Waals surface area contributed by atoms with E-state index in [1.165, 1.54) is 11.8 Å². The third-order valence-electron chi connectivity index (χ3n) is 8.70. The first-order chi connectivity index (χ1) is 23.4. The van der Waals surface area contributed by atoms with E-state index in [2.05, 4.69) is 28.7 Å². The molecule has 10 nitrogen and oxygen atoms in total. The fraction of sp³-hybridized carbons (Fsp3) is 0.342. The number of aromatic nitrogens is 2. The highest BCUT2D eigenvalue weighted by atomic mass is 16.5. The maximum Gasteiger partial charge on any atom is 0.339 e. The van der Waals surface area contributed by atoms with Crippen LogP contribution in [-0.4, -0.2) is 83.1 Å². The smallest absolute Gasteiger partial charge is 0.339 e. The van der Waals surface area contributed by atoms with Crippen molar-refractivity contribution < 1.29 is 24.2 Å². The molecule has 6 rings (SSSR count). The molecule has 3 heterocycles. The van der Waals surface area contributed by atoms with Crippen molar-refractivity contribution >= 4 is 17.6 Å². The molecule has 3 aromatic carbocycles. The molecule has 1 N–H and O–H groups in total. The molecule has 1 fully saturated rings. The van der Waals surface area contributed by atoms with Gasteiger partial charge in [0.1, 0.15) is 12.4 Å². The quantitative estimate of drug-likeness (QED) is 0.123. The second kappa shape index (κ2) is 15.3. The number of carbonyl (C=O) groups excluding carboxylic acids is 2. The Labute approximate surface area is 281 Å². The number of ether oxygens (including phenoxy) is 2. The molecule has 1 saturated heterocycles. The van der Waals surface area contributed by atoms with Crippen LogP contribution in [0.4, 0.5) is 5.69 Å². The van der Waals surface area contributed by atoms with E-state index >= 15 is 0 Å². The van der Waals surface area contributed by atoms with Crippen LogP contribution in [-0.2, 0) is 29.2 Å². The highest BCUT2D eigenvalue weighted by Gasteiger charge is 2.22. The molecule has 0 spiro atoms. The maximum atomic E-state index is 12.9. The normalized spacial score (nSPS) is 14.5. The second-order valence-electron chi connectivity index (χ2n) is 12.2. The number of esters is 1. The van der Waals surface area contributed by atoms with Gasteiger partial charge in [-0.15, -0.1) is 0 Å². The Morgan fingerprint density at radius 3 is 2.58 bits per heavy atom. The molecule has 4 aromatic rings. The molecular weight excluding hydrogens is 606 g/mol. The van der Waals surface area contributed by atoms with E-state index in [4.69, 9.17) is 19.7 Å². The topological polar surface area (TPSA) is 100 Å². The highest BCUT2D eigenvalue weighted by Crippen LogP contribution is 2.32. The van der Waals surface area contributed by atoms with E-state index in [1.54, 1.807) is 12.1 Å². The second-order valence-corrected chi connectivity index (χ2v) is 12.2. The predicted octanol–water partition coefficient (Wildman–Crippen LogP) is 4.53. The standard InChI is InChI=1S/C38H41N5O5/c1-28(45)42(27-48-38(46)31-13-11-29(12-14-31)24-41-19-17-40(2)18-20-41)33-16-15-32-25-43-34(26-47-37(32)23-33)22-36(39-43)35-10-6-5-9-30(35)8-4-3-7-21-44/h5-6,9-16,22-23,44H,3,7,17-21,24-27H2,1-2H3. The third kappa shape index (κ3) is 7.94. The van der Waals surface area contributed by atoms with Crippen molar-refractivity contribution in [3.8, 4) is 28.8 Å². The van der Waals surface area contributed by atoms with Crippen LogP contribution in [0.2, 0.25) is 0 Å². The predicted molar refractivity (Wildman–Crippen MR) is 183 cm³/mol. The molecule has 2 aliphatic rings. The number of anilines is 1. The summed E-state index contributed by atoms with van der Waals surface area (Å²) in [7, 11) is 2.14. The van der Waals surface area contributed by atoms with E-state index in [0.29, 0.717) is 43.0 Å². The fourth-order valence-electron chi connectivity index (χ4n) is 5.83. The molecule has 0 bridgehead atoms. The van der Waals surface area contributed by atoms with Crippen LogP contribution in [0.15, 0.2) is 72.8 Å². The van der Waals surface area contributed by atoms with Gasteiger partial charge in [0.25, 0.3) is 0 Å². The van der Waals surface area contributed by atoms with Gasteiger partial charge >= 0.3 is 5.97 Å². The van der Waals surface area contributed by atoms with E-state index < -0.39 is 5.97 Å². The summed E-state index contributed by atoms with van der Waals surface area (Å²) in [6.07, 6.45) is 1.28. The Morgan fingerprint density at radius 2 is 1.81 bits per heavy atom.